The van der Waals surface area contributed by atoms with Crippen molar-refractivity contribution in [2.45, 2.75) is 26.3 Å². The van der Waals surface area contributed by atoms with E-state index in [1.807, 2.05) is 13.8 Å². The lowest BCUT2D eigenvalue weighted by Gasteiger charge is -2.07. The summed E-state index contributed by atoms with van der Waals surface area (Å²) in [6.45, 7) is 3.89. The quantitative estimate of drug-likeness (QED) is 0.411. The van der Waals surface area contributed by atoms with Crippen molar-refractivity contribution in [3.63, 3.8) is 0 Å². The van der Waals surface area contributed by atoms with E-state index in [2.05, 4.69) is 0 Å². The first-order valence-electron chi connectivity index (χ1n) is 3.80. The molecule has 86 valence electrons. The average Bonchev–Trinajstić information content (AvgIpc) is 1.80. The predicted octanol–water partition coefficient (Wildman–Crippen LogP) is -0.484. The van der Waals surface area contributed by atoms with E-state index < -0.39 is 19.8 Å². The number of phosphoric acid groups is 1. The van der Waals surface area contributed by atoms with E-state index in [-0.39, 0.29) is 0 Å². The van der Waals surface area contributed by atoms with Crippen molar-refractivity contribution in [3.8, 4) is 0 Å². The molecule has 0 aromatic heterocycles. The second kappa shape index (κ2) is 6.92. The van der Waals surface area contributed by atoms with Crippen molar-refractivity contribution in [2.24, 2.45) is 11.7 Å². The van der Waals surface area contributed by atoms with Crippen molar-refractivity contribution >= 4 is 13.8 Å². The summed E-state index contributed by atoms with van der Waals surface area (Å²) in [5.74, 6) is -0.556. The average molecular weight is 229 g/mol. The minimum absolute atomic E-state index is 0.357. The summed E-state index contributed by atoms with van der Waals surface area (Å²) >= 11 is 0. The van der Waals surface area contributed by atoms with Crippen LogP contribution in [0, 0.1) is 5.92 Å². The summed E-state index contributed by atoms with van der Waals surface area (Å²) in [4.78, 5) is 31.7. The van der Waals surface area contributed by atoms with Crippen molar-refractivity contribution < 1.29 is 29.1 Å². The number of aliphatic carboxylic acids is 1. The molecule has 0 fully saturated rings. The zero-order valence-corrected chi connectivity index (χ0v) is 8.89. The molecular weight excluding hydrogens is 213 g/mol. The van der Waals surface area contributed by atoms with Crippen molar-refractivity contribution in [1.82, 2.24) is 0 Å². The third-order valence-corrected chi connectivity index (χ3v) is 1.04. The summed E-state index contributed by atoms with van der Waals surface area (Å²) in [7, 11) is -4.64. The molecule has 0 bridgehead atoms. The number of nitrogens with two attached hydrogens (primary N) is 1. The number of hydrogen-bond acceptors (Lipinski definition) is 3. The van der Waals surface area contributed by atoms with Gasteiger partial charge in [0.25, 0.3) is 0 Å². The maximum absolute atomic E-state index is 10.1. The molecule has 0 spiro atoms. The third-order valence-electron chi connectivity index (χ3n) is 1.04. The number of carbonyl (C=O) groups is 1. The maximum atomic E-state index is 10.1. The second-order valence-electron chi connectivity index (χ2n) is 3.09. The lowest BCUT2D eigenvalue weighted by atomic mass is 10.1. The van der Waals surface area contributed by atoms with Gasteiger partial charge >= 0.3 is 13.8 Å². The molecule has 0 radical (unpaired) electrons. The molecule has 8 heteroatoms. The summed E-state index contributed by atoms with van der Waals surface area (Å²) in [6, 6.07) is -0.690. The van der Waals surface area contributed by atoms with Gasteiger partial charge in [0.15, 0.2) is 0 Å². The number of hydrogen-bond donors (Lipinski definition) is 5. The fourth-order valence-electron chi connectivity index (χ4n) is 0.609. The monoisotopic (exact) mass is 229 g/mol. The van der Waals surface area contributed by atoms with E-state index in [9.17, 15) is 4.79 Å². The first-order chi connectivity index (χ1) is 6.04. The lowest BCUT2D eigenvalue weighted by molar-refractivity contribution is -0.138. The Balaban J connectivity index is 0. The van der Waals surface area contributed by atoms with E-state index in [1.165, 1.54) is 0 Å². The van der Waals surface area contributed by atoms with Gasteiger partial charge in [0.1, 0.15) is 6.04 Å². The molecule has 0 amide bonds. The minimum Gasteiger partial charge on any atom is -0.480 e. The van der Waals surface area contributed by atoms with Gasteiger partial charge in [-0.1, -0.05) is 13.8 Å². The van der Waals surface area contributed by atoms with Crippen LogP contribution in [0.2, 0.25) is 0 Å². The van der Waals surface area contributed by atoms with Crippen LogP contribution in [0.5, 0.6) is 0 Å². The van der Waals surface area contributed by atoms with Crippen molar-refractivity contribution in [1.29, 1.82) is 0 Å². The standard InChI is InChI=1S/C6H13NO2.H3O4P/c1-4(2)3-5(7)6(8)9;1-5(2,3)4/h4-5H,3,7H2,1-2H3,(H,8,9);(H3,1,2,3,4). The second-order valence-corrected chi connectivity index (χ2v) is 4.11. The van der Waals surface area contributed by atoms with Gasteiger partial charge in [0.05, 0.1) is 0 Å². The van der Waals surface area contributed by atoms with Crippen LogP contribution >= 0.6 is 7.82 Å². The summed E-state index contributed by atoms with van der Waals surface area (Å²) < 4.78 is 8.88. The van der Waals surface area contributed by atoms with Crippen LogP contribution in [-0.4, -0.2) is 31.8 Å². The number of carboxylic acids is 1. The molecule has 0 aliphatic carbocycles. The number of rotatable bonds is 3. The molecule has 0 aromatic rings. The zero-order chi connectivity index (χ0) is 11.9. The van der Waals surface area contributed by atoms with Crippen molar-refractivity contribution in [3.05, 3.63) is 0 Å². The lowest BCUT2D eigenvalue weighted by Crippen LogP contribution is -2.31. The van der Waals surface area contributed by atoms with Crippen LogP contribution in [-0.2, 0) is 9.36 Å². The van der Waals surface area contributed by atoms with Crippen LogP contribution in [0.15, 0.2) is 0 Å². The van der Waals surface area contributed by atoms with Crippen LogP contribution in [0.4, 0.5) is 0 Å². The van der Waals surface area contributed by atoms with Crippen LogP contribution in [0.1, 0.15) is 20.3 Å². The van der Waals surface area contributed by atoms with Gasteiger partial charge in [-0.15, -0.1) is 0 Å². The zero-order valence-electron chi connectivity index (χ0n) is 7.99. The Labute approximate surface area is 81.8 Å². The van der Waals surface area contributed by atoms with E-state index in [4.69, 9.17) is 30.1 Å². The number of carboxylic acid groups (broad SMARTS) is 1. The molecule has 0 aliphatic rings. The van der Waals surface area contributed by atoms with Gasteiger partial charge in [-0.05, 0) is 12.3 Å². The van der Waals surface area contributed by atoms with Gasteiger partial charge in [-0.2, -0.15) is 0 Å². The largest absolute Gasteiger partial charge is 0.480 e. The molecule has 14 heavy (non-hydrogen) atoms. The molecule has 6 N–H and O–H groups in total. The highest BCUT2D eigenvalue weighted by Gasteiger charge is 2.11. The van der Waals surface area contributed by atoms with E-state index >= 15 is 0 Å². The topological polar surface area (TPSA) is 141 Å². The van der Waals surface area contributed by atoms with Gasteiger partial charge in [-0.25, -0.2) is 4.57 Å². The third kappa shape index (κ3) is 22.5. The molecule has 0 heterocycles. The molecule has 0 aliphatic heterocycles. The molecule has 0 saturated heterocycles. The highest BCUT2D eigenvalue weighted by Crippen LogP contribution is 2.25. The van der Waals surface area contributed by atoms with E-state index in [1.54, 1.807) is 0 Å². The summed E-state index contributed by atoms with van der Waals surface area (Å²) in [5.41, 5.74) is 5.22. The Bertz CT molecular complexity index is 204. The first kappa shape index (κ1) is 16.0. The fourth-order valence-corrected chi connectivity index (χ4v) is 0.609. The molecule has 1 unspecified atom stereocenters. The molecule has 7 nitrogen and oxygen atoms in total. The highest BCUT2D eigenvalue weighted by atomic mass is 31.2. The van der Waals surface area contributed by atoms with Crippen LogP contribution < -0.4 is 5.73 Å². The predicted molar refractivity (Wildman–Crippen MR) is 49.3 cm³/mol. The minimum atomic E-state index is -4.64. The molecule has 0 rings (SSSR count). The van der Waals surface area contributed by atoms with E-state index in [0.29, 0.717) is 12.3 Å². The van der Waals surface area contributed by atoms with E-state index in [0.717, 1.165) is 0 Å². The van der Waals surface area contributed by atoms with Gasteiger partial charge in [-0.3, -0.25) is 4.79 Å². The van der Waals surface area contributed by atoms with Gasteiger partial charge in [0, 0.05) is 0 Å². The Kier molecular flexibility index (Phi) is 7.90. The van der Waals surface area contributed by atoms with Gasteiger partial charge in [0.2, 0.25) is 0 Å². The Morgan fingerprint density at radius 3 is 1.71 bits per heavy atom. The first-order valence-corrected chi connectivity index (χ1v) is 5.37. The fraction of sp³-hybridized carbons (Fsp3) is 0.833. The van der Waals surface area contributed by atoms with Crippen molar-refractivity contribution in [2.75, 3.05) is 0 Å². The Hall–Kier alpha value is -0.460. The van der Waals surface area contributed by atoms with Gasteiger partial charge < -0.3 is 25.5 Å². The molecular formula is C6H16NO6P. The molecule has 0 saturated carbocycles. The maximum Gasteiger partial charge on any atom is 0.466 e. The summed E-state index contributed by atoms with van der Waals surface area (Å²) in [6.07, 6.45) is 0.551. The van der Waals surface area contributed by atoms with Crippen LogP contribution in [0.3, 0.4) is 0 Å². The Morgan fingerprint density at radius 1 is 1.36 bits per heavy atom. The Morgan fingerprint density at radius 2 is 1.64 bits per heavy atom. The molecule has 0 aromatic carbocycles. The SMILES string of the molecule is CC(C)CC(N)C(=O)O.O=P(O)(O)O. The summed E-state index contributed by atoms with van der Waals surface area (Å²) in [5, 5.41) is 8.31. The van der Waals surface area contributed by atoms with Crippen LogP contribution in [0.25, 0.3) is 0 Å². The smallest absolute Gasteiger partial charge is 0.466 e. The molecule has 1 atom stereocenters. The highest BCUT2D eigenvalue weighted by molar-refractivity contribution is 7.45. The normalized spacial score (nSPS) is 13.1.